The summed E-state index contributed by atoms with van der Waals surface area (Å²) in [4.78, 5) is 38.8. The van der Waals surface area contributed by atoms with Gasteiger partial charge in [-0.2, -0.15) is 13.2 Å². The van der Waals surface area contributed by atoms with Crippen LogP contribution >= 0.6 is 22.9 Å². The van der Waals surface area contributed by atoms with Gasteiger partial charge in [0.15, 0.2) is 0 Å². The number of anilines is 2. The number of nitrogens with one attached hydrogen (secondary N) is 3. The normalized spacial score (nSPS) is 15.2. The number of hydrogen-bond acceptors (Lipinski definition) is 6. The third kappa shape index (κ3) is 7.42. The summed E-state index contributed by atoms with van der Waals surface area (Å²) < 4.78 is 47.0. The molecule has 0 bridgehead atoms. The van der Waals surface area contributed by atoms with E-state index in [1.165, 1.54) is 6.07 Å². The van der Waals surface area contributed by atoms with E-state index in [0.717, 1.165) is 28.4 Å². The Labute approximate surface area is 215 Å². The van der Waals surface area contributed by atoms with Crippen molar-refractivity contribution in [2.24, 2.45) is 5.92 Å². The molecule has 0 spiro atoms. The predicted octanol–water partition coefficient (Wildman–Crippen LogP) is 3.77. The van der Waals surface area contributed by atoms with Gasteiger partial charge < -0.3 is 25.6 Å². The van der Waals surface area contributed by atoms with Crippen molar-refractivity contribution in [1.82, 2.24) is 10.6 Å². The summed E-state index contributed by atoms with van der Waals surface area (Å²) in [6.07, 6.45) is -4.76. The van der Waals surface area contributed by atoms with Crippen LogP contribution in [0.1, 0.15) is 29.1 Å². The molecule has 1 saturated heterocycles. The van der Waals surface area contributed by atoms with Crippen LogP contribution in [0.3, 0.4) is 0 Å². The number of thiophene rings is 1. The summed E-state index contributed by atoms with van der Waals surface area (Å²) in [6, 6.07) is 5.47. The molecule has 36 heavy (non-hydrogen) atoms. The highest BCUT2D eigenvalue weighted by atomic mass is 35.5. The molecule has 196 valence electrons. The molecule has 0 aliphatic carbocycles. The summed E-state index contributed by atoms with van der Waals surface area (Å²) in [6.45, 7) is 4.00. The third-order valence-electron chi connectivity index (χ3n) is 5.20. The van der Waals surface area contributed by atoms with E-state index in [2.05, 4.69) is 16.0 Å². The zero-order valence-electron chi connectivity index (χ0n) is 19.6. The van der Waals surface area contributed by atoms with Crippen molar-refractivity contribution in [3.8, 4) is 0 Å². The van der Waals surface area contributed by atoms with Crippen molar-refractivity contribution in [3.05, 3.63) is 45.1 Å². The molecule has 1 aliphatic rings. The number of amides is 3. The second-order valence-corrected chi connectivity index (χ2v) is 10.2. The molecule has 0 unspecified atom stereocenters. The number of benzene rings is 1. The Kier molecular flexibility index (Phi) is 9.34. The number of carbonyl (C=O) groups excluding carboxylic acids is 3. The molecule has 1 atom stereocenters. The highest BCUT2D eigenvalue weighted by Crippen LogP contribution is 2.38. The number of morpholine rings is 1. The molecular formula is C23H26ClF3N4O4S. The van der Waals surface area contributed by atoms with E-state index in [-0.39, 0.29) is 43.6 Å². The van der Waals surface area contributed by atoms with E-state index in [1.54, 1.807) is 12.1 Å². The van der Waals surface area contributed by atoms with Crippen molar-refractivity contribution < 1.29 is 32.3 Å². The summed E-state index contributed by atoms with van der Waals surface area (Å²) >= 11 is 6.94. The first-order chi connectivity index (χ1) is 17.0. The van der Waals surface area contributed by atoms with Gasteiger partial charge in [0.2, 0.25) is 5.91 Å². The van der Waals surface area contributed by atoms with Crippen LogP contribution in [0.4, 0.5) is 24.5 Å². The average Bonchev–Trinajstić information content (AvgIpc) is 3.25. The first-order valence-corrected chi connectivity index (χ1v) is 12.3. The topological polar surface area (TPSA) is 99.8 Å². The molecule has 1 aromatic carbocycles. The summed E-state index contributed by atoms with van der Waals surface area (Å²) in [5.74, 6) is -1.45. The molecule has 0 saturated carbocycles. The minimum absolute atomic E-state index is 0.00995. The monoisotopic (exact) mass is 546 g/mol. The molecule has 3 amide bonds. The fourth-order valence-electron chi connectivity index (χ4n) is 3.43. The molecule has 3 rings (SSSR count). The standard InChI is InChI=1S/C23H26ClF3N4O4S/c1-13(2)10-28-16(11-29-22(34)18-5-6-19(24)36-18)21(33)30-14-3-4-17(15(9-14)23(25,26)27)31-7-8-35-12-20(31)32/h3-6,9,13,16,28H,7-8,10-12H2,1-2H3,(H,29,34)(H,30,33)/t16-/m0/s1. The van der Waals surface area contributed by atoms with Crippen LogP contribution in [0.15, 0.2) is 30.3 Å². The molecule has 1 aromatic heterocycles. The van der Waals surface area contributed by atoms with Crippen molar-refractivity contribution in [2.45, 2.75) is 26.1 Å². The van der Waals surface area contributed by atoms with Gasteiger partial charge in [0.05, 0.1) is 27.1 Å². The maximum absolute atomic E-state index is 13.8. The molecule has 13 heteroatoms. The molecule has 3 N–H and O–H groups in total. The fraction of sp³-hybridized carbons (Fsp3) is 0.435. The Morgan fingerprint density at radius 2 is 1.94 bits per heavy atom. The lowest BCUT2D eigenvalue weighted by molar-refractivity contribution is -0.137. The maximum atomic E-state index is 13.8. The number of rotatable bonds is 9. The molecule has 8 nitrogen and oxygen atoms in total. The van der Waals surface area contributed by atoms with Gasteiger partial charge in [-0.3, -0.25) is 14.4 Å². The summed E-state index contributed by atoms with van der Waals surface area (Å²) in [7, 11) is 0. The lowest BCUT2D eigenvalue weighted by atomic mass is 10.1. The van der Waals surface area contributed by atoms with E-state index in [4.69, 9.17) is 16.3 Å². The Bertz CT molecular complexity index is 1110. The van der Waals surface area contributed by atoms with Gasteiger partial charge in [0, 0.05) is 18.8 Å². The van der Waals surface area contributed by atoms with E-state index in [9.17, 15) is 27.6 Å². The fourth-order valence-corrected chi connectivity index (χ4v) is 4.39. The highest BCUT2D eigenvalue weighted by Gasteiger charge is 2.37. The van der Waals surface area contributed by atoms with Gasteiger partial charge in [-0.25, -0.2) is 0 Å². The summed E-state index contributed by atoms with van der Waals surface area (Å²) in [5.41, 5.74) is -1.44. The molecular weight excluding hydrogens is 521 g/mol. The van der Waals surface area contributed by atoms with Crippen LogP contribution in [0, 0.1) is 5.92 Å². The second kappa shape index (κ2) is 12.0. The quantitative estimate of drug-likeness (QED) is 0.445. The first-order valence-electron chi connectivity index (χ1n) is 11.1. The van der Waals surface area contributed by atoms with Gasteiger partial charge in [-0.1, -0.05) is 25.4 Å². The molecule has 2 heterocycles. The van der Waals surface area contributed by atoms with Crippen molar-refractivity contribution >= 4 is 52.0 Å². The van der Waals surface area contributed by atoms with Gasteiger partial charge in [0.1, 0.15) is 12.6 Å². The van der Waals surface area contributed by atoms with Crippen molar-refractivity contribution in [1.29, 1.82) is 0 Å². The Morgan fingerprint density at radius 3 is 2.56 bits per heavy atom. The largest absolute Gasteiger partial charge is 0.418 e. The Hall–Kier alpha value is -2.67. The predicted molar refractivity (Wildman–Crippen MR) is 132 cm³/mol. The third-order valence-corrected chi connectivity index (χ3v) is 6.43. The van der Waals surface area contributed by atoms with Gasteiger partial charge in [-0.05, 0) is 42.8 Å². The SMILES string of the molecule is CC(C)CN[C@@H](CNC(=O)c1ccc(Cl)s1)C(=O)Nc1ccc(N2CCOCC2=O)c(C(F)(F)F)c1. The number of hydrogen-bond donors (Lipinski definition) is 3. The number of ether oxygens (including phenoxy) is 1. The van der Waals surface area contributed by atoms with Crippen LogP contribution in [0.5, 0.6) is 0 Å². The molecule has 1 fully saturated rings. The average molecular weight is 547 g/mol. The first kappa shape index (κ1) is 27.9. The van der Waals surface area contributed by atoms with E-state index >= 15 is 0 Å². The highest BCUT2D eigenvalue weighted by molar-refractivity contribution is 7.18. The second-order valence-electron chi connectivity index (χ2n) is 8.49. The van der Waals surface area contributed by atoms with Crippen LogP contribution in [0.25, 0.3) is 0 Å². The van der Waals surface area contributed by atoms with Crippen molar-refractivity contribution in [2.75, 3.05) is 43.1 Å². The summed E-state index contributed by atoms with van der Waals surface area (Å²) in [5, 5.41) is 8.16. The van der Waals surface area contributed by atoms with Crippen LogP contribution in [-0.4, -0.2) is 56.6 Å². The zero-order chi connectivity index (χ0) is 26.5. The number of halogens is 4. The van der Waals surface area contributed by atoms with E-state index in [1.807, 2.05) is 13.8 Å². The van der Waals surface area contributed by atoms with Crippen LogP contribution < -0.4 is 20.9 Å². The zero-order valence-corrected chi connectivity index (χ0v) is 21.1. The minimum Gasteiger partial charge on any atom is -0.370 e. The van der Waals surface area contributed by atoms with Crippen LogP contribution in [0.2, 0.25) is 4.34 Å². The molecule has 1 aliphatic heterocycles. The number of nitrogens with zero attached hydrogens (tertiary/aromatic N) is 1. The van der Waals surface area contributed by atoms with Gasteiger partial charge in [0.25, 0.3) is 11.8 Å². The van der Waals surface area contributed by atoms with E-state index in [0.29, 0.717) is 15.8 Å². The van der Waals surface area contributed by atoms with E-state index < -0.39 is 35.5 Å². The molecule has 2 aromatic rings. The Balaban J connectivity index is 1.77. The van der Waals surface area contributed by atoms with Crippen LogP contribution in [-0.2, 0) is 20.5 Å². The smallest absolute Gasteiger partial charge is 0.370 e. The van der Waals surface area contributed by atoms with Crippen molar-refractivity contribution in [3.63, 3.8) is 0 Å². The lowest BCUT2D eigenvalue weighted by Gasteiger charge is -2.29. The van der Waals surface area contributed by atoms with Gasteiger partial charge in [-0.15, -0.1) is 11.3 Å². The maximum Gasteiger partial charge on any atom is 0.418 e. The number of alkyl halides is 3. The number of carbonyl (C=O) groups is 3. The Morgan fingerprint density at radius 1 is 1.19 bits per heavy atom. The molecule has 0 radical (unpaired) electrons. The van der Waals surface area contributed by atoms with Gasteiger partial charge >= 0.3 is 6.18 Å². The lowest BCUT2D eigenvalue weighted by Crippen LogP contribution is -2.49. The minimum atomic E-state index is -4.76.